The molecule has 0 aliphatic carbocycles. The first-order chi connectivity index (χ1) is 16.9. The van der Waals surface area contributed by atoms with Crippen LogP contribution in [0.25, 0.3) is 32.3 Å². The molecule has 0 N–H and O–H groups in total. The fourth-order valence-electron chi connectivity index (χ4n) is 4.54. The Bertz CT molecular complexity index is 1730. The van der Waals surface area contributed by atoms with Crippen molar-refractivity contribution in [2.24, 2.45) is 0 Å². The summed E-state index contributed by atoms with van der Waals surface area (Å²) in [7, 11) is -4.03. The van der Waals surface area contributed by atoms with E-state index in [-0.39, 0.29) is 4.90 Å². The Morgan fingerprint density at radius 1 is 0.571 bits per heavy atom. The molecule has 1 radical (unpaired) electrons. The number of benzene rings is 6. The summed E-state index contributed by atoms with van der Waals surface area (Å²) in [5, 5.41) is 5.99. The van der Waals surface area contributed by atoms with Crippen LogP contribution in [0, 0.1) is 21.0 Å². The van der Waals surface area contributed by atoms with E-state index in [1.807, 2.05) is 86.6 Å². The molecule has 6 aromatic rings. The second kappa shape index (κ2) is 8.59. The highest BCUT2D eigenvalue weighted by atomic mass is 127. The van der Waals surface area contributed by atoms with E-state index in [1.165, 1.54) is 0 Å². The van der Waals surface area contributed by atoms with Gasteiger partial charge in [-0.05, 0) is 73.6 Å². The van der Waals surface area contributed by atoms with Gasteiger partial charge in [0, 0.05) is 5.39 Å². The molecular weight excluding hydrogens is 567 g/mol. The van der Waals surface area contributed by atoms with Gasteiger partial charge in [-0.3, -0.25) is 0 Å². The highest BCUT2D eigenvalue weighted by Crippen LogP contribution is 2.37. The van der Waals surface area contributed by atoms with E-state index in [9.17, 15) is 8.42 Å². The molecule has 0 amide bonds. The van der Waals surface area contributed by atoms with Crippen molar-refractivity contribution in [1.82, 2.24) is 0 Å². The zero-order valence-electron chi connectivity index (χ0n) is 19.3. The lowest BCUT2D eigenvalue weighted by Gasteiger charge is -2.13. The van der Waals surface area contributed by atoms with Crippen LogP contribution < -0.4 is 20.2 Å². The fourth-order valence-corrected chi connectivity index (χ4v) is 11.6. The van der Waals surface area contributed by atoms with E-state index in [4.69, 9.17) is 2.51 Å². The average molecular weight is 590 g/mol. The Morgan fingerprint density at radius 3 is 1.63 bits per heavy atom. The lowest BCUT2D eigenvalue weighted by atomic mass is 9.94. The fraction of sp³-hybridized carbons (Fsp3) is 0.0667. The van der Waals surface area contributed by atoms with E-state index < -0.39 is 30.4 Å². The monoisotopic (exact) mass is 590 g/mol. The van der Waals surface area contributed by atoms with Gasteiger partial charge in [0.25, 0.3) is 0 Å². The molecule has 0 aliphatic heterocycles. The Morgan fingerprint density at radius 2 is 1.06 bits per heavy atom. The summed E-state index contributed by atoms with van der Waals surface area (Å²) >= 11 is -2.75. The summed E-state index contributed by atoms with van der Waals surface area (Å²) in [4.78, 5) is 0.227. The van der Waals surface area contributed by atoms with Gasteiger partial charge in [-0.1, -0.05) is 83.9 Å². The van der Waals surface area contributed by atoms with E-state index in [2.05, 4.69) is 24.3 Å². The number of aryl methyl sites for hydroxylation is 2. The van der Waals surface area contributed by atoms with Crippen molar-refractivity contribution >= 4 is 42.4 Å². The summed E-state index contributed by atoms with van der Waals surface area (Å²) in [6, 6.07) is 33.9. The van der Waals surface area contributed by atoms with Crippen molar-refractivity contribution in [1.29, 1.82) is 0 Å². The minimum absolute atomic E-state index is 0.227. The van der Waals surface area contributed by atoms with Crippen molar-refractivity contribution in [2.45, 2.75) is 18.7 Å². The smallest absolute Gasteiger partial charge is 0.190 e. The quantitative estimate of drug-likeness (QED) is 0.224. The van der Waals surface area contributed by atoms with Gasteiger partial charge in [0.2, 0.25) is 0 Å². The largest absolute Gasteiger partial charge is 0.336 e. The predicted octanol–water partition coefficient (Wildman–Crippen LogP) is 4.19. The lowest BCUT2D eigenvalue weighted by Crippen LogP contribution is -3.85. The van der Waals surface area contributed by atoms with Crippen LogP contribution in [0.15, 0.2) is 108 Å². The number of hydrogen-bond donors (Lipinski definition) is 0. The zero-order valence-corrected chi connectivity index (χ0v) is 22.3. The van der Waals surface area contributed by atoms with Crippen LogP contribution in [0.4, 0.5) is 0 Å². The van der Waals surface area contributed by atoms with Gasteiger partial charge in [-0.2, -0.15) is 8.42 Å². The molecule has 3 nitrogen and oxygen atoms in total. The number of halogens is 1. The van der Waals surface area contributed by atoms with Crippen LogP contribution >= 0.6 is 0 Å². The lowest BCUT2D eigenvalue weighted by molar-refractivity contribution is -1.03. The summed E-state index contributed by atoms with van der Waals surface area (Å²) in [5.74, 6) is 0. The molecule has 6 rings (SSSR count). The summed E-state index contributed by atoms with van der Waals surface area (Å²) in [6.45, 7) is 4.05. The van der Waals surface area contributed by atoms with Crippen molar-refractivity contribution in [3.63, 3.8) is 0 Å². The Hall–Kier alpha value is -3.00. The molecule has 173 valence electrons. The van der Waals surface area contributed by atoms with Crippen LogP contribution in [0.2, 0.25) is 0 Å². The van der Waals surface area contributed by atoms with Gasteiger partial charge in [0.15, 0.2) is 7.14 Å². The maximum absolute atomic E-state index is 13.9. The molecule has 0 saturated carbocycles. The third kappa shape index (κ3) is 3.97. The molecule has 0 spiro atoms. The predicted molar refractivity (Wildman–Crippen MR) is 138 cm³/mol. The Kier molecular flexibility index (Phi) is 5.51. The van der Waals surface area contributed by atoms with Crippen LogP contribution in [0.1, 0.15) is 11.1 Å². The molecule has 5 heteroatoms. The Labute approximate surface area is 212 Å². The molecule has 35 heavy (non-hydrogen) atoms. The van der Waals surface area contributed by atoms with Gasteiger partial charge in [-0.25, -0.2) is 0 Å². The second-order valence-corrected chi connectivity index (χ2v) is 15.2. The highest BCUT2D eigenvalue weighted by molar-refractivity contribution is 7.86. The SMILES string of the molecule is Cc1ccc([I+](OS(=O)(=O)c2ccc3ccc4cccc5ccc2c3c45)c2ccc(C)cc2)cc1. The zero-order chi connectivity index (χ0) is 24.2. The normalized spacial score (nSPS) is 12.3. The van der Waals surface area contributed by atoms with Crippen molar-refractivity contribution in [2.75, 3.05) is 0 Å². The minimum atomic E-state index is -4.03. The molecule has 0 heterocycles. The van der Waals surface area contributed by atoms with Gasteiger partial charge in [-0.15, -0.1) is 0 Å². The van der Waals surface area contributed by atoms with E-state index >= 15 is 0 Å². The molecule has 0 aliphatic rings. The third-order valence-corrected chi connectivity index (χ3v) is 13.7. The molecule has 0 fully saturated rings. The number of rotatable bonds is 5. The standard InChI is InChI=1S/C30H23IO3S/c1-20-6-14-25(15-7-20)31(26-16-8-21(2)9-17-26)34-35(32,33)28-19-13-24-11-10-22-4-3-5-23-12-18-27(28)30(24)29(22)23/h3-19H,1-2H3/q+1. The molecule has 0 aromatic heterocycles. The molecule has 0 unspecified atom stereocenters. The van der Waals surface area contributed by atoms with E-state index in [0.29, 0.717) is 5.39 Å². The van der Waals surface area contributed by atoms with Crippen LogP contribution in [-0.4, -0.2) is 8.42 Å². The maximum atomic E-state index is 13.9. The van der Waals surface area contributed by atoms with E-state index in [0.717, 1.165) is 45.2 Å². The summed E-state index contributed by atoms with van der Waals surface area (Å²) in [5.41, 5.74) is 2.26. The van der Waals surface area contributed by atoms with Crippen LogP contribution in [0.5, 0.6) is 0 Å². The molecular formula is C30H23IO3S+. The van der Waals surface area contributed by atoms with Gasteiger partial charge in [0.1, 0.15) is 4.90 Å². The average Bonchev–Trinajstić information content (AvgIpc) is 2.87. The van der Waals surface area contributed by atoms with Crippen LogP contribution in [0.3, 0.4) is 0 Å². The van der Waals surface area contributed by atoms with Gasteiger partial charge in [0.05, 0.1) is 0 Å². The molecule has 0 bridgehead atoms. The van der Waals surface area contributed by atoms with Crippen LogP contribution in [-0.2, 0) is 12.6 Å². The Balaban J connectivity index is 1.52. The van der Waals surface area contributed by atoms with Gasteiger partial charge >= 0.3 is 30.4 Å². The topological polar surface area (TPSA) is 43.4 Å². The van der Waals surface area contributed by atoms with Crippen molar-refractivity contribution in [3.8, 4) is 0 Å². The molecule has 0 atom stereocenters. The first-order valence-electron chi connectivity index (χ1n) is 11.4. The third-order valence-electron chi connectivity index (χ3n) is 6.32. The second-order valence-electron chi connectivity index (χ2n) is 8.78. The summed E-state index contributed by atoms with van der Waals surface area (Å²) in [6.07, 6.45) is 0. The first-order valence-corrected chi connectivity index (χ1v) is 15.8. The minimum Gasteiger partial charge on any atom is -0.190 e. The highest BCUT2D eigenvalue weighted by Gasteiger charge is 2.38. The summed E-state index contributed by atoms with van der Waals surface area (Å²) < 4.78 is 35.9. The molecule has 0 saturated heterocycles. The first kappa shape index (κ1) is 22.5. The van der Waals surface area contributed by atoms with E-state index in [1.54, 1.807) is 6.07 Å². The number of hydrogen-bond acceptors (Lipinski definition) is 3. The van der Waals surface area contributed by atoms with Gasteiger partial charge < -0.3 is 0 Å². The van der Waals surface area contributed by atoms with Crippen molar-refractivity contribution in [3.05, 3.63) is 121 Å². The maximum Gasteiger partial charge on any atom is 0.336 e. The molecule has 6 aromatic carbocycles. The van der Waals surface area contributed by atoms with Crippen molar-refractivity contribution < 1.29 is 31.2 Å².